The van der Waals surface area contributed by atoms with Gasteiger partial charge < -0.3 is 5.32 Å². The molecule has 2 aliphatic rings. The van der Waals surface area contributed by atoms with Gasteiger partial charge in [0, 0.05) is 31.2 Å². The van der Waals surface area contributed by atoms with Crippen LogP contribution in [0.1, 0.15) is 17.5 Å². The summed E-state index contributed by atoms with van der Waals surface area (Å²) in [6.45, 7) is 4.93. The van der Waals surface area contributed by atoms with Crippen molar-refractivity contribution in [3.8, 4) is 0 Å². The second-order valence-electron chi connectivity index (χ2n) is 7.61. The monoisotopic (exact) mass is 381 g/mol. The minimum absolute atomic E-state index is 0.326. The highest BCUT2D eigenvalue weighted by molar-refractivity contribution is 7.90. The zero-order valence-electron chi connectivity index (χ0n) is 15.1. The van der Waals surface area contributed by atoms with Gasteiger partial charge in [-0.25, -0.2) is 12.4 Å². The van der Waals surface area contributed by atoms with Gasteiger partial charge in [-0.2, -0.15) is 0 Å². The smallest absolute Gasteiger partial charge is 0.268 e. The van der Waals surface area contributed by atoms with Crippen LogP contribution in [-0.4, -0.2) is 36.9 Å². The van der Waals surface area contributed by atoms with Crippen molar-refractivity contribution in [1.29, 1.82) is 0 Å². The quantitative estimate of drug-likeness (QED) is 0.755. The number of nitrogens with one attached hydrogen (secondary N) is 1. The second kappa shape index (κ2) is 6.48. The van der Waals surface area contributed by atoms with E-state index in [1.54, 1.807) is 24.3 Å². The lowest BCUT2D eigenvalue weighted by Gasteiger charge is -2.29. The number of benzene rings is 2. The summed E-state index contributed by atoms with van der Waals surface area (Å²) in [6.07, 6.45) is 3.05. The summed E-state index contributed by atoms with van der Waals surface area (Å²) in [4.78, 5) is 2.78. The van der Waals surface area contributed by atoms with E-state index in [1.165, 1.54) is 16.0 Å². The molecule has 140 valence electrons. The van der Waals surface area contributed by atoms with Crippen molar-refractivity contribution >= 4 is 20.9 Å². The van der Waals surface area contributed by atoms with Crippen LogP contribution in [-0.2, 0) is 23.1 Å². The largest absolute Gasteiger partial charge is 0.316 e. The molecule has 1 fully saturated rings. The fourth-order valence-corrected chi connectivity index (χ4v) is 5.88. The summed E-state index contributed by atoms with van der Waals surface area (Å²) in [5, 5.41) is 4.54. The topological polar surface area (TPSA) is 54.3 Å². The van der Waals surface area contributed by atoms with E-state index in [-0.39, 0.29) is 0 Å². The molecule has 2 aliphatic heterocycles. The van der Waals surface area contributed by atoms with Crippen molar-refractivity contribution in [1.82, 2.24) is 14.2 Å². The standard InChI is InChI=1S/C21H23N3O2S/c25-27(26,19-6-2-1-3-7-19)24-15-18-14-23(12-16-9-10-22-11-16)13-17-5-4-8-20(24)21(17)18/h1-8,15-16,22H,9-14H2. The van der Waals surface area contributed by atoms with Crippen LogP contribution in [0.15, 0.2) is 59.6 Å². The third-order valence-corrected chi connectivity index (χ3v) is 7.41. The molecule has 0 saturated carbocycles. The molecular weight excluding hydrogens is 358 g/mol. The summed E-state index contributed by atoms with van der Waals surface area (Å²) in [6, 6.07) is 14.7. The van der Waals surface area contributed by atoms with Crippen LogP contribution in [0, 0.1) is 5.92 Å². The zero-order valence-corrected chi connectivity index (χ0v) is 16.0. The van der Waals surface area contributed by atoms with Gasteiger partial charge in [0.15, 0.2) is 0 Å². The highest BCUT2D eigenvalue weighted by Crippen LogP contribution is 2.34. The number of aromatic nitrogens is 1. The van der Waals surface area contributed by atoms with Crippen molar-refractivity contribution in [2.24, 2.45) is 5.92 Å². The first kappa shape index (κ1) is 17.0. The molecule has 1 aromatic heterocycles. The van der Waals surface area contributed by atoms with Crippen LogP contribution in [0.25, 0.3) is 10.9 Å². The van der Waals surface area contributed by atoms with Crippen molar-refractivity contribution in [2.45, 2.75) is 24.4 Å². The van der Waals surface area contributed by atoms with E-state index in [4.69, 9.17) is 0 Å². The first-order chi connectivity index (χ1) is 13.1. The lowest BCUT2D eigenvalue weighted by atomic mass is 9.99. The molecule has 5 rings (SSSR count). The van der Waals surface area contributed by atoms with Gasteiger partial charge in [0.05, 0.1) is 10.4 Å². The third-order valence-electron chi connectivity index (χ3n) is 5.73. The molecule has 1 atom stereocenters. The maximum absolute atomic E-state index is 13.2. The normalized spacial score (nSPS) is 20.4. The molecule has 0 radical (unpaired) electrons. The van der Waals surface area contributed by atoms with E-state index in [0.717, 1.165) is 49.2 Å². The molecule has 0 amide bonds. The molecule has 1 N–H and O–H groups in total. The van der Waals surface area contributed by atoms with E-state index < -0.39 is 10.0 Å². The SMILES string of the molecule is O=S(=O)(c1ccccc1)n1cc2c3c(cccc31)CN(CC1CCNC1)C2. The lowest BCUT2D eigenvalue weighted by Crippen LogP contribution is -2.31. The van der Waals surface area contributed by atoms with Gasteiger partial charge in [0.1, 0.15) is 0 Å². The molecule has 0 bridgehead atoms. The summed E-state index contributed by atoms with van der Waals surface area (Å²) < 4.78 is 27.9. The Labute approximate surface area is 159 Å². The molecule has 1 unspecified atom stereocenters. The number of hydrogen-bond donors (Lipinski definition) is 1. The predicted octanol–water partition coefficient (Wildman–Crippen LogP) is 2.80. The van der Waals surface area contributed by atoms with Crippen LogP contribution in [0.3, 0.4) is 0 Å². The molecule has 1 saturated heterocycles. The Bertz CT molecular complexity index is 1080. The summed E-state index contributed by atoms with van der Waals surface area (Å²) >= 11 is 0. The Morgan fingerprint density at radius 2 is 1.81 bits per heavy atom. The second-order valence-corrected chi connectivity index (χ2v) is 9.42. The summed E-state index contributed by atoms with van der Waals surface area (Å²) in [5.74, 6) is 0.681. The Morgan fingerprint density at radius 3 is 2.59 bits per heavy atom. The molecule has 5 nitrogen and oxygen atoms in total. The number of hydrogen-bond acceptors (Lipinski definition) is 4. The maximum atomic E-state index is 13.2. The molecule has 0 aliphatic carbocycles. The van der Waals surface area contributed by atoms with E-state index in [2.05, 4.69) is 16.3 Å². The van der Waals surface area contributed by atoms with Crippen molar-refractivity contribution in [2.75, 3.05) is 19.6 Å². The van der Waals surface area contributed by atoms with Gasteiger partial charge in [0.2, 0.25) is 0 Å². The average molecular weight is 382 g/mol. The Balaban J connectivity index is 1.56. The maximum Gasteiger partial charge on any atom is 0.268 e. The fourth-order valence-electron chi connectivity index (χ4n) is 4.48. The van der Waals surface area contributed by atoms with Crippen molar-refractivity contribution in [3.63, 3.8) is 0 Å². The van der Waals surface area contributed by atoms with Gasteiger partial charge in [-0.1, -0.05) is 30.3 Å². The van der Waals surface area contributed by atoms with Gasteiger partial charge in [-0.3, -0.25) is 4.90 Å². The van der Waals surface area contributed by atoms with Gasteiger partial charge >= 0.3 is 0 Å². The van der Waals surface area contributed by atoms with E-state index in [0.29, 0.717) is 10.8 Å². The summed E-state index contributed by atoms with van der Waals surface area (Å²) in [7, 11) is -3.60. The Hall–Kier alpha value is -2.15. The number of nitrogens with zero attached hydrogens (tertiary/aromatic N) is 2. The third kappa shape index (κ3) is 2.88. The molecule has 2 aromatic carbocycles. The first-order valence-electron chi connectivity index (χ1n) is 9.48. The molecule has 6 heteroatoms. The molecule has 27 heavy (non-hydrogen) atoms. The van der Waals surface area contributed by atoms with Crippen LogP contribution < -0.4 is 5.32 Å². The fraction of sp³-hybridized carbons (Fsp3) is 0.333. The molecule has 0 spiro atoms. The first-order valence-corrected chi connectivity index (χ1v) is 10.9. The molecular formula is C21H23N3O2S. The number of rotatable bonds is 4. The van der Waals surface area contributed by atoms with E-state index >= 15 is 0 Å². The molecule has 3 heterocycles. The van der Waals surface area contributed by atoms with Crippen molar-refractivity contribution in [3.05, 3.63) is 65.9 Å². The lowest BCUT2D eigenvalue weighted by molar-refractivity contribution is 0.217. The van der Waals surface area contributed by atoms with Gasteiger partial charge in [-0.15, -0.1) is 0 Å². The highest BCUT2D eigenvalue weighted by atomic mass is 32.2. The highest BCUT2D eigenvalue weighted by Gasteiger charge is 2.28. The minimum atomic E-state index is -3.60. The Morgan fingerprint density at radius 1 is 1.00 bits per heavy atom. The average Bonchev–Trinajstić information content (AvgIpc) is 3.32. The van der Waals surface area contributed by atoms with Gasteiger partial charge in [0.25, 0.3) is 10.0 Å². The van der Waals surface area contributed by atoms with Crippen LogP contribution in [0.5, 0.6) is 0 Å². The van der Waals surface area contributed by atoms with Crippen LogP contribution in [0.2, 0.25) is 0 Å². The summed E-state index contributed by atoms with van der Waals surface area (Å²) in [5.41, 5.74) is 3.12. The zero-order chi connectivity index (χ0) is 18.4. The Kier molecular flexibility index (Phi) is 4.07. The van der Waals surface area contributed by atoms with E-state index in [9.17, 15) is 8.42 Å². The van der Waals surface area contributed by atoms with Crippen molar-refractivity contribution < 1.29 is 8.42 Å². The van der Waals surface area contributed by atoms with Crippen LogP contribution >= 0.6 is 0 Å². The minimum Gasteiger partial charge on any atom is -0.316 e. The van der Waals surface area contributed by atoms with Crippen LogP contribution in [0.4, 0.5) is 0 Å². The van der Waals surface area contributed by atoms with Gasteiger partial charge in [-0.05, 0) is 54.8 Å². The molecule has 3 aromatic rings. The van der Waals surface area contributed by atoms with E-state index in [1.807, 2.05) is 24.4 Å². The predicted molar refractivity (Wildman–Crippen MR) is 106 cm³/mol.